The SMILES string of the molecule is Cc1cc(C(=O)N(C)Cc2n[nH]c3c2CCCCC3)c2cccc(C)c2n1. The second kappa shape index (κ2) is 7.14. The average Bonchev–Trinajstić information content (AvgIpc) is 2.88. The molecule has 0 spiro atoms. The summed E-state index contributed by atoms with van der Waals surface area (Å²) in [7, 11) is 1.86. The molecule has 0 bridgehead atoms. The predicted octanol–water partition coefficient (Wildman–Crippen LogP) is 4.12. The topological polar surface area (TPSA) is 61.9 Å². The number of fused-ring (bicyclic) bond motifs is 2. The summed E-state index contributed by atoms with van der Waals surface area (Å²) in [5.74, 6) is 0.0153. The molecule has 1 aromatic carbocycles. The van der Waals surface area contributed by atoms with Gasteiger partial charge in [-0.25, -0.2) is 0 Å². The standard InChI is InChI=1S/C22H26N4O/c1-14-8-7-10-16-18(12-15(2)23-21(14)16)22(27)26(3)13-20-17-9-5-4-6-11-19(17)24-25-20/h7-8,10,12H,4-6,9,11,13H2,1-3H3,(H,24,25). The van der Waals surface area contributed by atoms with Gasteiger partial charge in [0.15, 0.2) is 0 Å². The van der Waals surface area contributed by atoms with E-state index in [-0.39, 0.29) is 5.91 Å². The van der Waals surface area contributed by atoms with Crippen LogP contribution in [0.4, 0.5) is 0 Å². The van der Waals surface area contributed by atoms with E-state index in [1.165, 1.54) is 30.5 Å². The molecule has 140 valence electrons. The summed E-state index contributed by atoms with van der Waals surface area (Å²) in [5.41, 5.74) is 7.15. The van der Waals surface area contributed by atoms with E-state index in [9.17, 15) is 4.79 Å². The highest BCUT2D eigenvalue weighted by Crippen LogP contribution is 2.25. The zero-order valence-corrected chi connectivity index (χ0v) is 16.3. The smallest absolute Gasteiger partial charge is 0.254 e. The van der Waals surface area contributed by atoms with Crippen LogP contribution in [0.1, 0.15) is 57.8 Å². The lowest BCUT2D eigenvalue weighted by Crippen LogP contribution is -2.27. The summed E-state index contributed by atoms with van der Waals surface area (Å²) in [4.78, 5) is 19.7. The molecule has 0 saturated heterocycles. The Morgan fingerprint density at radius 3 is 2.85 bits per heavy atom. The molecule has 0 unspecified atom stereocenters. The fourth-order valence-electron chi connectivity index (χ4n) is 4.06. The fraction of sp³-hybridized carbons (Fsp3) is 0.409. The number of hydrogen-bond acceptors (Lipinski definition) is 3. The first kappa shape index (κ1) is 17.7. The third kappa shape index (κ3) is 3.34. The molecule has 27 heavy (non-hydrogen) atoms. The number of aromatic amines is 1. The van der Waals surface area contributed by atoms with Crippen molar-refractivity contribution in [2.24, 2.45) is 0 Å². The summed E-state index contributed by atoms with van der Waals surface area (Å²) >= 11 is 0. The van der Waals surface area contributed by atoms with Gasteiger partial charge < -0.3 is 4.90 Å². The molecular weight excluding hydrogens is 336 g/mol. The Morgan fingerprint density at radius 1 is 1.19 bits per heavy atom. The van der Waals surface area contributed by atoms with E-state index in [0.717, 1.165) is 40.7 Å². The number of pyridine rings is 1. The Bertz CT molecular complexity index is 1000. The number of carbonyl (C=O) groups excluding carboxylic acids is 1. The van der Waals surface area contributed by atoms with Crippen molar-refractivity contribution in [1.29, 1.82) is 0 Å². The first-order valence-corrected chi connectivity index (χ1v) is 9.72. The molecule has 4 rings (SSSR count). The van der Waals surface area contributed by atoms with E-state index in [4.69, 9.17) is 0 Å². The van der Waals surface area contributed by atoms with Gasteiger partial charge in [0.1, 0.15) is 0 Å². The van der Waals surface area contributed by atoms with Gasteiger partial charge in [0.2, 0.25) is 0 Å². The maximum Gasteiger partial charge on any atom is 0.254 e. The van der Waals surface area contributed by atoms with Gasteiger partial charge >= 0.3 is 0 Å². The normalized spacial score (nSPS) is 14.0. The van der Waals surface area contributed by atoms with Crippen LogP contribution in [0.3, 0.4) is 0 Å². The number of hydrogen-bond donors (Lipinski definition) is 1. The van der Waals surface area contributed by atoms with Crippen LogP contribution in [-0.2, 0) is 19.4 Å². The van der Waals surface area contributed by atoms with E-state index >= 15 is 0 Å². The highest BCUT2D eigenvalue weighted by molar-refractivity contribution is 6.06. The second-order valence-corrected chi connectivity index (χ2v) is 7.63. The third-order valence-electron chi connectivity index (χ3n) is 5.53. The molecule has 3 aromatic rings. The van der Waals surface area contributed by atoms with Crippen LogP contribution in [0, 0.1) is 13.8 Å². The minimum Gasteiger partial charge on any atom is -0.336 e. The first-order valence-electron chi connectivity index (χ1n) is 9.72. The summed E-state index contributed by atoms with van der Waals surface area (Å²) in [5, 5.41) is 8.63. The molecule has 1 N–H and O–H groups in total. The van der Waals surface area contributed by atoms with Gasteiger partial charge in [0, 0.05) is 23.8 Å². The van der Waals surface area contributed by atoms with E-state index in [0.29, 0.717) is 12.1 Å². The van der Waals surface area contributed by atoms with Crippen molar-refractivity contribution in [3.63, 3.8) is 0 Å². The molecule has 0 fully saturated rings. The van der Waals surface area contributed by atoms with Crippen LogP contribution in [0.15, 0.2) is 24.3 Å². The van der Waals surface area contributed by atoms with Gasteiger partial charge in [-0.05, 0) is 56.7 Å². The average molecular weight is 362 g/mol. The van der Waals surface area contributed by atoms with Crippen LogP contribution in [0.2, 0.25) is 0 Å². The third-order valence-corrected chi connectivity index (χ3v) is 5.53. The highest BCUT2D eigenvalue weighted by Gasteiger charge is 2.21. The molecule has 0 saturated carbocycles. The van der Waals surface area contributed by atoms with E-state index < -0.39 is 0 Å². The number of para-hydroxylation sites is 1. The van der Waals surface area contributed by atoms with Crippen molar-refractivity contribution >= 4 is 16.8 Å². The van der Waals surface area contributed by atoms with Crippen LogP contribution < -0.4 is 0 Å². The zero-order valence-electron chi connectivity index (χ0n) is 16.3. The molecule has 1 aliphatic carbocycles. The molecule has 2 aromatic heterocycles. The van der Waals surface area contributed by atoms with Gasteiger partial charge in [0.25, 0.3) is 5.91 Å². The van der Waals surface area contributed by atoms with Gasteiger partial charge in [0.05, 0.1) is 23.3 Å². The first-order chi connectivity index (χ1) is 13.0. The quantitative estimate of drug-likeness (QED) is 0.713. The number of rotatable bonds is 3. The molecule has 0 radical (unpaired) electrons. The second-order valence-electron chi connectivity index (χ2n) is 7.63. The van der Waals surface area contributed by atoms with Crippen molar-refractivity contribution in [2.75, 3.05) is 7.05 Å². The van der Waals surface area contributed by atoms with Crippen molar-refractivity contribution in [3.8, 4) is 0 Å². The maximum atomic E-state index is 13.2. The number of benzene rings is 1. The summed E-state index contributed by atoms with van der Waals surface area (Å²) in [6.07, 6.45) is 5.79. The number of nitrogens with one attached hydrogen (secondary N) is 1. The molecule has 5 heteroatoms. The number of aryl methyl sites for hydroxylation is 3. The molecule has 1 aliphatic rings. The minimum absolute atomic E-state index is 0.0153. The largest absolute Gasteiger partial charge is 0.336 e. The lowest BCUT2D eigenvalue weighted by atomic mass is 10.0. The van der Waals surface area contributed by atoms with Gasteiger partial charge in [-0.15, -0.1) is 0 Å². The van der Waals surface area contributed by atoms with Crippen LogP contribution in [0.25, 0.3) is 10.9 Å². The number of carbonyl (C=O) groups is 1. The molecule has 5 nitrogen and oxygen atoms in total. The summed E-state index contributed by atoms with van der Waals surface area (Å²) < 4.78 is 0. The number of aromatic nitrogens is 3. The van der Waals surface area contributed by atoms with Gasteiger partial charge in [-0.2, -0.15) is 5.10 Å². The van der Waals surface area contributed by atoms with E-state index in [2.05, 4.69) is 15.2 Å². The fourth-order valence-corrected chi connectivity index (χ4v) is 4.06. The molecule has 2 heterocycles. The molecule has 0 aliphatic heterocycles. The highest BCUT2D eigenvalue weighted by atomic mass is 16.2. The van der Waals surface area contributed by atoms with E-state index in [1.54, 1.807) is 4.90 Å². The van der Waals surface area contributed by atoms with Crippen molar-refractivity contribution in [2.45, 2.75) is 52.5 Å². The lowest BCUT2D eigenvalue weighted by Gasteiger charge is -2.18. The minimum atomic E-state index is 0.0153. The van der Waals surface area contributed by atoms with Crippen LogP contribution >= 0.6 is 0 Å². The van der Waals surface area contributed by atoms with Crippen molar-refractivity contribution in [3.05, 3.63) is 58.0 Å². The Hall–Kier alpha value is -2.69. The van der Waals surface area contributed by atoms with Crippen LogP contribution in [-0.4, -0.2) is 33.0 Å². The predicted molar refractivity (Wildman–Crippen MR) is 107 cm³/mol. The maximum absolute atomic E-state index is 13.2. The lowest BCUT2D eigenvalue weighted by molar-refractivity contribution is 0.0785. The number of amides is 1. The monoisotopic (exact) mass is 362 g/mol. The van der Waals surface area contributed by atoms with Gasteiger partial charge in [-0.3, -0.25) is 14.9 Å². The molecule has 1 amide bonds. The number of H-pyrrole nitrogens is 1. The van der Waals surface area contributed by atoms with Gasteiger partial charge in [-0.1, -0.05) is 24.6 Å². The van der Waals surface area contributed by atoms with E-state index in [1.807, 2.05) is 45.2 Å². The Labute approximate surface area is 159 Å². The zero-order chi connectivity index (χ0) is 19.0. The van der Waals surface area contributed by atoms with Crippen molar-refractivity contribution < 1.29 is 4.79 Å². The van der Waals surface area contributed by atoms with Crippen LogP contribution in [0.5, 0.6) is 0 Å². The summed E-state index contributed by atoms with van der Waals surface area (Å²) in [6, 6.07) is 7.90. The van der Waals surface area contributed by atoms with Crippen molar-refractivity contribution in [1.82, 2.24) is 20.1 Å². The molecular formula is C22H26N4O. The Kier molecular flexibility index (Phi) is 4.68. The Balaban J connectivity index is 1.65. The molecule has 0 atom stereocenters. The summed E-state index contributed by atoms with van der Waals surface area (Å²) in [6.45, 7) is 4.50. The Morgan fingerprint density at radius 2 is 2.00 bits per heavy atom. The number of nitrogens with zero attached hydrogens (tertiary/aromatic N) is 3.